The molecule has 0 spiro atoms. The molecule has 0 aromatic rings. The van der Waals surface area contributed by atoms with E-state index in [1.54, 1.807) is 34.6 Å². The largest absolute Gasteiger partial charge is 0.444 e. The van der Waals surface area contributed by atoms with Crippen molar-refractivity contribution in [1.82, 2.24) is 5.32 Å². The quantitative estimate of drug-likeness (QED) is 0.203. The van der Waals surface area contributed by atoms with Gasteiger partial charge in [0.25, 0.3) is 0 Å². The summed E-state index contributed by atoms with van der Waals surface area (Å²) >= 11 is 0. The van der Waals surface area contributed by atoms with E-state index >= 15 is 0 Å². The molecule has 0 aliphatic heterocycles. The van der Waals surface area contributed by atoms with Crippen molar-refractivity contribution in [3.05, 3.63) is 0 Å². The van der Waals surface area contributed by atoms with Crippen LogP contribution in [0.25, 0.3) is 0 Å². The van der Waals surface area contributed by atoms with Crippen molar-refractivity contribution in [3.8, 4) is 0 Å². The molecule has 2 N–H and O–H groups in total. The van der Waals surface area contributed by atoms with E-state index in [1.165, 1.54) is 0 Å². The maximum Gasteiger partial charge on any atom is 0.407 e. The predicted octanol–water partition coefficient (Wildman–Crippen LogP) is 6.04. The Labute approximate surface area is 189 Å². The topological polar surface area (TPSA) is 94.1 Å². The van der Waals surface area contributed by atoms with E-state index in [1.807, 2.05) is 0 Å². The summed E-state index contributed by atoms with van der Waals surface area (Å²) in [5.74, 6) is 0. The van der Waals surface area contributed by atoms with E-state index in [4.69, 9.17) is 19.3 Å². The minimum Gasteiger partial charge on any atom is -0.444 e. The molecule has 2 atom stereocenters. The van der Waals surface area contributed by atoms with Crippen molar-refractivity contribution >= 4 is 13.7 Å². The zero-order valence-electron chi connectivity index (χ0n) is 23.7. The van der Waals surface area contributed by atoms with Crippen molar-refractivity contribution in [2.75, 3.05) is 19.4 Å². The van der Waals surface area contributed by atoms with Crippen molar-refractivity contribution in [3.63, 3.8) is 0 Å². The van der Waals surface area contributed by atoms with Gasteiger partial charge in [-0.15, -0.1) is 0 Å². The number of aliphatic hydroxyl groups excluding tert-OH is 1. The van der Waals surface area contributed by atoms with Gasteiger partial charge in [0, 0.05) is 5.48 Å². The molecule has 0 aromatic heterocycles. The van der Waals surface area contributed by atoms with Gasteiger partial charge in [-0.1, -0.05) is 51.8 Å². The van der Waals surface area contributed by atoms with Crippen LogP contribution < -0.4 is 5.32 Å². The fourth-order valence-electron chi connectivity index (χ4n) is 2.72. The zero-order chi connectivity index (χ0) is 26.6. The summed E-state index contributed by atoms with van der Waals surface area (Å²) in [7, 11) is -3.54. The van der Waals surface area contributed by atoms with Crippen LogP contribution in [0.15, 0.2) is 0 Å². The molecule has 7 nitrogen and oxygen atoms in total. The van der Waals surface area contributed by atoms with Gasteiger partial charge < -0.3 is 24.2 Å². The normalized spacial score (nSPS) is 17.3. The van der Waals surface area contributed by atoms with Gasteiger partial charge in [-0.05, 0) is 47.4 Å². The summed E-state index contributed by atoms with van der Waals surface area (Å²) in [6.45, 7) is 10.6. The van der Waals surface area contributed by atoms with Crippen LogP contribution in [-0.2, 0) is 18.3 Å². The molecule has 0 fully saturated rings. The van der Waals surface area contributed by atoms with Gasteiger partial charge in [-0.2, -0.15) is 0 Å². The lowest BCUT2D eigenvalue weighted by molar-refractivity contribution is 0.0405. The minimum atomic E-state index is -3.54. The number of ether oxygens (including phenoxy) is 1. The van der Waals surface area contributed by atoms with Gasteiger partial charge >= 0.3 is 13.7 Å². The summed E-state index contributed by atoms with van der Waals surface area (Å²) in [5.41, 5.74) is -0.836. The Morgan fingerprint density at radius 2 is 1.63 bits per heavy atom. The van der Waals surface area contributed by atoms with Crippen molar-refractivity contribution in [2.45, 2.75) is 117 Å². The third-order valence-electron chi connectivity index (χ3n) is 4.10. The van der Waals surface area contributed by atoms with Gasteiger partial charge in [0.15, 0.2) is 0 Å². The standard InChI is InChI=1S/C22H46NO6P/c1-7-10-11-12-13-14-15-16-20(24)19(23-21(25)29-22(4,5)6)17-18-30(26,27-8-2)28-9-3/h19-20,24H,7-18H2,1-6H3,(H,23,25)/i15T2,16T2. The summed E-state index contributed by atoms with van der Waals surface area (Å²) in [6, 6.07) is -1.28. The lowest BCUT2D eigenvalue weighted by Crippen LogP contribution is -2.46. The average Bonchev–Trinajstić information content (AvgIpc) is 2.69. The SMILES string of the molecule is [3H]C([3H])(CCCCCCC)C([3H])([3H])C(O)C(CCP(=O)(OCC)OCC)NC(=O)OC(C)(C)C. The Kier molecular flexibility index (Phi) is 12.1. The number of alkyl carbamates (subject to hydrolysis) is 1. The Hall–Kier alpha value is -0.620. The first kappa shape index (κ1) is 22.6. The summed E-state index contributed by atoms with van der Waals surface area (Å²) < 4.78 is 62.2. The fourth-order valence-corrected chi connectivity index (χ4v) is 4.43. The van der Waals surface area contributed by atoms with Gasteiger partial charge in [-0.25, -0.2) is 4.79 Å². The first-order valence-electron chi connectivity index (χ1n) is 13.1. The van der Waals surface area contributed by atoms with E-state index in [-0.39, 0.29) is 32.2 Å². The van der Waals surface area contributed by atoms with Crippen molar-refractivity contribution in [2.24, 2.45) is 0 Å². The van der Waals surface area contributed by atoms with Crippen LogP contribution in [0.2, 0.25) is 0 Å². The van der Waals surface area contributed by atoms with Crippen molar-refractivity contribution in [1.29, 1.82) is 0 Å². The summed E-state index contributed by atoms with van der Waals surface area (Å²) in [5, 5.41) is 13.4. The number of carbonyl (C=O) groups is 1. The maximum absolute atomic E-state index is 12.9. The highest BCUT2D eigenvalue weighted by Crippen LogP contribution is 2.48. The van der Waals surface area contributed by atoms with Gasteiger partial charge in [0.05, 0.1) is 31.5 Å². The lowest BCUT2D eigenvalue weighted by Gasteiger charge is -2.28. The number of aliphatic hydroxyl groups is 1. The van der Waals surface area contributed by atoms with Crippen LogP contribution in [-0.4, -0.2) is 48.3 Å². The molecule has 0 radical (unpaired) electrons. The molecule has 0 aliphatic carbocycles. The summed E-state index contributed by atoms with van der Waals surface area (Å²) in [6.07, 6.45) is -4.05. The first-order chi connectivity index (χ1) is 15.5. The van der Waals surface area contributed by atoms with E-state index in [9.17, 15) is 14.5 Å². The lowest BCUT2D eigenvalue weighted by atomic mass is 10.0. The molecule has 8 heteroatoms. The molecule has 0 saturated carbocycles. The number of hydrogen-bond donors (Lipinski definition) is 2. The number of unbranched alkanes of at least 4 members (excludes halogenated alkanes) is 4. The predicted molar refractivity (Wildman–Crippen MR) is 122 cm³/mol. The molecule has 0 aromatic carbocycles. The Balaban J connectivity index is 5.64. The van der Waals surface area contributed by atoms with Crippen LogP contribution in [0.5, 0.6) is 0 Å². The van der Waals surface area contributed by atoms with E-state index in [0.717, 1.165) is 25.7 Å². The molecule has 1 amide bonds. The first-order valence-corrected chi connectivity index (χ1v) is 12.8. The van der Waals surface area contributed by atoms with Gasteiger partial charge in [-0.3, -0.25) is 4.57 Å². The maximum atomic E-state index is 12.9. The molecular formula is C22H46NO6P. The number of carbonyl (C=O) groups excluding carboxylic acids is 1. The second kappa shape index (κ2) is 16.1. The molecular weight excluding hydrogens is 405 g/mol. The minimum absolute atomic E-state index is 0.0731. The zero-order valence-corrected chi connectivity index (χ0v) is 20.6. The number of nitrogens with one attached hydrogen (secondary N) is 1. The monoisotopic (exact) mass is 459 g/mol. The van der Waals surface area contributed by atoms with Crippen LogP contribution in [0.1, 0.15) is 105 Å². The van der Waals surface area contributed by atoms with Gasteiger partial charge in [0.1, 0.15) is 5.60 Å². The number of amides is 1. The third kappa shape index (κ3) is 15.2. The Morgan fingerprint density at radius 3 is 2.17 bits per heavy atom. The summed E-state index contributed by atoms with van der Waals surface area (Å²) in [4.78, 5) is 12.4. The molecule has 2 unspecified atom stereocenters. The molecule has 0 saturated heterocycles. The van der Waals surface area contributed by atoms with E-state index < -0.39 is 44.2 Å². The molecule has 0 aliphatic rings. The number of hydrogen-bond acceptors (Lipinski definition) is 6. The number of rotatable bonds is 17. The average molecular weight is 460 g/mol. The van der Waals surface area contributed by atoms with Crippen LogP contribution in [0, 0.1) is 0 Å². The third-order valence-corrected chi connectivity index (χ3v) is 6.21. The fraction of sp³-hybridized carbons (Fsp3) is 0.955. The molecule has 0 bridgehead atoms. The molecule has 30 heavy (non-hydrogen) atoms. The van der Waals surface area contributed by atoms with Gasteiger partial charge in [0.2, 0.25) is 0 Å². The highest BCUT2D eigenvalue weighted by Gasteiger charge is 2.30. The van der Waals surface area contributed by atoms with Crippen LogP contribution in [0.3, 0.4) is 0 Å². The Bertz CT molecular complexity index is 635. The van der Waals surface area contributed by atoms with E-state index in [2.05, 4.69) is 12.2 Å². The molecule has 0 rings (SSSR count). The smallest absolute Gasteiger partial charge is 0.407 e. The second-order valence-electron chi connectivity index (χ2n) is 8.14. The molecule has 0 heterocycles. The molecule has 180 valence electrons. The highest BCUT2D eigenvalue weighted by molar-refractivity contribution is 7.53. The Morgan fingerprint density at radius 1 is 1.07 bits per heavy atom. The second-order valence-corrected chi connectivity index (χ2v) is 10.3. The van der Waals surface area contributed by atoms with Crippen LogP contribution in [0.4, 0.5) is 4.79 Å². The van der Waals surface area contributed by atoms with Crippen molar-refractivity contribution < 1.29 is 33.7 Å². The highest BCUT2D eigenvalue weighted by atomic mass is 31.2. The van der Waals surface area contributed by atoms with Crippen LogP contribution >= 0.6 is 7.60 Å². The van der Waals surface area contributed by atoms with E-state index in [0.29, 0.717) is 6.42 Å².